The van der Waals surface area contributed by atoms with Crippen molar-refractivity contribution < 1.29 is 9.21 Å². The fourth-order valence-electron chi connectivity index (χ4n) is 1.93. The van der Waals surface area contributed by atoms with Gasteiger partial charge in [-0.05, 0) is 18.6 Å². The van der Waals surface area contributed by atoms with E-state index in [9.17, 15) is 4.79 Å². The fraction of sp³-hybridized carbons (Fsp3) is 0.583. The zero-order valence-electron chi connectivity index (χ0n) is 9.52. The Bertz CT molecular complexity index is 351. The van der Waals surface area contributed by atoms with E-state index in [4.69, 9.17) is 4.42 Å². The van der Waals surface area contributed by atoms with Gasteiger partial charge < -0.3 is 4.42 Å². The summed E-state index contributed by atoms with van der Waals surface area (Å²) in [5, 5.41) is 0.745. The number of hydrogen-bond donors (Lipinski definition) is 0. The van der Waals surface area contributed by atoms with Gasteiger partial charge in [-0.1, -0.05) is 6.92 Å². The molecular weight excluding hydrogens is 222 g/mol. The van der Waals surface area contributed by atoms with Crippen LogP contribution in [0.25, 0.3) is 0 Å². The number of aldehydes is 1. The molecule has 0 radical (unpaired) electrons. The first kappa shape index (κ1) is 11.7. The lowest BCUT2D eigenvalue weighted by molar-refractivity contribution is 0.109. The molecule has 0 bridgehead atoms. The second kappa shape index (κ2) is 5.55. The van der Waals surface area contributed by atoms with Crippen LogP contribution in [0.4, 0.5) is 0 Å². The summed E-state index contributed by atoms with van der Waals surface area (Å²) >= 11 is 2.06. The number of nitrogens with zero attached hydrogens (tertiary/aromatic N) is 1. The second-order valence-electron chi connectivity index (χ2n) is 4.06. The SMILES string of the molecule is CCC1CN(Cc2ccc(C=O)o2)CCS1. The van der Waals surface area contributed by atoms with Gasteiger partial charge in [-0.15, -0.1) is 0 Å². The molecule has 0 saturated carbocycles. The van der Waals surface area contributed by atoms with E-state index in [1.165, 1.54) is 12.2 Å². The summed E-state index contributed by atoms with van der Waals surface area (Å²) in [7, 11) is 0. The van der Waals surface area contributed by atoms with Crippen LogP contribution in [-0.4, -0.2) is 35.3 Å². The van der Waals surface area contributed by atoms with E-state index in [1.807, 2.05) is 6.07 Å². The number of carbonyl (C=O) groups excluding carboxylic acids is 1. The molecule has 2 rings (SSSR count). The highest BCUT2D eigenvalue weighted by Crippen LogP contribution is 2.22. The molecule has 1 fully saturated rings. The Balaban J connectivity index is 1.91. The summed E-state index contributed by atoms with van der Waals surface area (Å²) < 4.78 is 5.39. The fourth-order valence-corrected chi connectivity index (χ4v) is 3.18. The summed E-state index contributed by atoms with van der Waals surface area (Å²) in [4.78, 5) is 12.9. The van der Waals surface area contributed by atoms with Crippen molar-refractivity contribution in [1.82, 2.24) is 4.90 Å². The van der Waals surface area contributed by atoms with Gasteiger partial charge >= 0.3 is 0 Å². The summed E-state index contributed by atoms with van der Waals surface area (Å²) in [6.45, 7) is 5.29. The van der Waals surface area contributed by atoms with Crippen LogP contribution in [0.5, 0.6) is 0 Å². The van der Waals surface area contributed by atoms with Gasteiger partial charge in [-0.3, -0.25) is 9.69 Å². The summed E-state index contributed by atoms with van der Waals surface area (Å²) in [6, 6.07) is 3.63. The van der Waals surface area contributed by atoms with Gasteiger partial charge in [0, 0.05) is 24.1 Å². The highest BCUT2D eigenvalue weighted by Gasteiger charge is 2.19. The Morgan fingerprint density at radius 2 is 2.50 bits per heavy atom. The lowest BCUT2D eigenvalue weighted by atomic mass is 10.3. The molecule has 1 aliphatic rings. The molecule has 0 spiro atoms. The van der Waals surface area contributed by atoms with Crippen LogP contribution in [0.15, 0.2) is 16.5 Å². The molecule has 16 heavy (non-hydrogen) atoms. The first-order valence-corrected chi connectivity index (χ1v) is 6.74. The normalized spacial score (nSPS) is 22.2. The predicted molar refractivity (Wildman–Crippen MR) is 65.9 cm³/mol. The molecule has 4 heteroatoms. The Hall–Kier alpha value is -0.740. The number of carbonyl (C=O) groups is 1. The van der Waals surface area contributed by atoms with Gasteiger partial charge in [0.25, 0.3) is 0 Å². The van der Waals surface area contributed by atoms with Gasteiger partial charge in [0.15, 0.2) is 12.0 Å². The molecule has 0 N–H and O–H groups in total. The minimum absolute atomic E-state index is 0.424. The van der Waals surface area contributed by atoms with Crippen molar-refractivity contribution in [2.75, 3.05) is 18.8 Å². The minimum Gasteiger partial charge on any atom is -0.457 e. The number of hydrogen-bond acceptors (Lipinski definition) is 4. The van der Waals surface area contributed by atoms with Crippen molar-refractivity contribution >= 4 is 18.0 Å². The molecular formula is C12H17NO2S. The van der Waals surface area contributed by atoms with Gasteiger partial charge in [-0.2, -0.15) is 11.8 Å². The average molecular weight is 239 g/mol. The van der Waals surface area contributed by atoms with E-state index < -0.39 is 0 Å². The first-order valence-electron chi connectivity index (χ1n) is 5.69. The third-order valence-electron chi connectivity index (χ3n) is 2.86. The monoisotopic (exact) mass is 239 g/mol. The molecule has 1 atom stereocenters. The van der Waals surface area contributed by atoms with Crippen LogP contribution in [0.2, 0.25) is 0 Å². The maximum atomic E-state index is 10.5. The first-order chi connectivity index (χ1) is 7.81. The molecule has 1 aliphatic heterocycles. The standard InChI is InChI=1S/C12H17NO2S/c1-2-12-8-13(5-6-16-12)7-10-3-4-11(9-14)15-10/h3-4,9,12H,2,5-8H2,1H3. The van der Waals surface area contributed by atoms with Crippen molar-refractivity contribution in [3.05, 3.63) is 23.7 Å². The van der Waals surface area contributed by atoms with Crippen molar-refractivity contribution in [1.29, 1.82) is 0 Å². The molecule has 3 nitrogen and oxygen atoms in total. The van der Waals surface area contributed by atoms with Gasteiger partial charge in [0.1, 0.15) is 5.76 Å². The molecule has 0 aliphatic carbocycles. The maximum absolute atomic E-state index is 10.5. The number of furan rings is 1. The zero-order valence-corrected chi connectivity index (χ0v) is 10.3. The third kappa shape index (κ3) is 2.89. The van der Waals surface area contributed by atoms with E-state index in [1.54, 1.807) is 6.07 Å². The van der Waals surface area contributed by atoms with Crippen LogP contribution in [0.1, 0.15) is 29.7 Å². The maximum Gasteiger partial charge on any atom is 0.185 e. The Morgan fingerprint density at radius 1 is 1.62 bits per heavy atom. The van der Waals surface area contributed by atoms with Crippen molar-refractivity contribution in [2.45, 2.75) is 25.1 Å². The number of thioether (sulfide) groups is 1. The second-order valence-corrected chi connectivity index (χ2v) is 5.47. The highest BCUT2D eigenvalue weighted by atomic mass is 32.2. The van der Waals surface area contributed by atoms with E-state index in [-0.39, 0.29) is 0 Å². The lowest BCUT2D eigenvalue weighted by Gasteiger charge is -2.31. The van der Waals surface area contributed by atoms with Gasteiger partial charge in [-0.25, -0.2) is 0 Å². The van der Waals surface area contributed by atoms with Crippen molar-refractivity contribution in [2.24, 2.45) is 0 Å². The van der Waals surface area contributed by atoms with Crippen LogP contribution < -0.4 is 0 Å². The molecule has 1 unspecified atom stereocenters. The zero-order chi connectivity index (χ0) is 11.4. The molecule has 88 valence electrons. The van der Waals surface area contributed by atoms with E-state index in [0.29, 0.717) is 5.76 Å². The molecule has 0 amide bonds. The third-order valence-corrected chi connectivity index (χ3v) is 4.23. The van der Waals surface area contributed by atoms with Crippen molar-refractivity contribution in [3.8, 4) is 0 Å². The number of rotatable bonds is 4. The molecule has 1 aromatic heterocycles. The average Bonchev–Trinajstić information content (AvgIpc) is 2.77. The summed E-state index contributed by atoms with van der Waals surface area (Å²) in [5.41, 5.74) is 0. The van der Waals surface area contributed by atoms with E-state index in [0.717, 1.165) is 36.9 Å². The molecule has 1 aromatic rings. The van der Waals surface area contributed by atoms with Crippen LogP contribution in [-0.2, 0) is 6.54 Å². The highest BCUT2D eigenvalue weighted by molar-refractivity contribution is 8.00. The largest absolute Gasteiger partial charge is 0.457 e. The molecule has 1 saturated heterocycles. The van der Waals surface area contributed by atoms with Crippen LogP contribution in [0, 0.1) is 0 Å². The Morgan fingerprint density at radius 3 is 3.19 bits per heavy atom. The topological polar surface area (TPSA) is 33.5 Å². The van der Waals surface area contributed by atoms with Gasteiger partial charge in [0.05, 0.1) is 6.54 Å². The smallest absolute Gasteiger partial charge is 0.185 e. The van der Waals surface area contributed by atoms with Gasteiger partial charge in [0.2, 0.25) is 0 Å². The lowest BCUT2D eigenvalue weighted by Crippen LogP contribution is -2.36. The summed E-state index contributed by atoms with van der Waals surface area (Å²) in [6.07, 6.45) is 1.98. The van der Waals surface area contributed by atoms with E-state index in [2.05, 4.69) is 23.6 Å². The van der Waals surface area contributed by atoms with E-state index >= 15 is 0 Å². The van der Waals surface area contributed by atoms with Crippen LogP contribution in [0.3, 0.4) is 0 Å². The predicted octanol–water partition coefficient (Wildman–Crippen LogP) is 2.42. The molecule has 0 aromatic carbocycles. The van der Waals surface area contributed by atoms with Crippen LogP contribution >= 0.6 is 11.8 Å². The Labute approximate surface area is 100 Å². The Kier molecular flexibility index (Phi) is 4.07. The quantitative estimate of drug-likeness (QED) is 0.756. The summed E-state index contributed by atoms with van der Waals surface area (Å²) in [5.74, 6) is 2.51. The van der Waals surface area contributed by atoms with Crippen molar-refractivity contribution in [3.63, 3.8) is 0 Å². The molecule has 2 heterocycles. The minimum atomic E-state index is 0.424.